The third kappa shape index (κ3) is 5.29. The molecule has 11 heteroatoms. The summed E-state index contributed by atoms with van der Waals surface area (Å²) in [6, 6.07) is 11.6. The Morgan fingerprint density at radius 3 is 2.58 bits per heavy atom. The number of benzene rings is 2. The molecular weight excluding hydrogens is 551 g/mol. The molecule has 2 heterocycles. The Morgan fingerprint density at radius 2 is 1.86 bits per heavy atom. The standard InChI is InChI=1S/C32H35FN6O4/c1-42-16-9-25(40)38-32-12-10-31(19-32,11-13-32)30-37-26(27-28(34)35-14-15-39(27)30)21-5-3-20(4-6-21)18-36-29(41)23-17-22(33)7-8-24(23)43-2/h3-8,14-15,17H,9-13,16,18-19H2,1-2H3,(H2,34,35)(H,36,41)(H,38,40). The number of aromatic nitrogens is 3. The maximum Gasteiger partial charge on any atom is 0.255 e. The van der Waals surface area contributed by atoms with Crippen molar-refractivity contribution in [3.05, 3.63) is 77.6 Å². The lowest BCUT2D eigenvalue weighted by molar-refractivity contribution is -0.123. The van der Waals surface area contributed by atoms with E-state index in [-0.39, 0.29) is 29.0 Å². The molecule has 224 valence electrons. The summed E-state index contributed by atoms with van der Waals surface area (Å²) in [5.74, 6) is 0.719. The smallest absolute Gasteiger partial charge is 0.255 e. The summed E-state index contributed by atoms with van der Waals surface area (Å²) in [4.78, 5) is 34.8. The molecule has 2 saturated carbocycles. The molecule has 6 rings (SSSR count). The van der Waals surface area contributed by atoms with Gasteiger partial charge in [0.25, 0.3) is 5.91 Å². The Bertz CT molecular complexity index is 1680. The molecule has 2 bridgehead atoms. The maximum atomic E-state index is 13.7. The van der Waals surface area contributed by atoms with Gasteiger partial charge in [0, 0.05) is 49.0 Å². The number of nitrogen functional groups attached to an aromatic ring is 1. The van der Waals surface area contributed by atoms with Gasteiger partial charge in [-0.3, -0.25) is 14.0 Å². The monoisotopic (exact) mass is 586 g/mol. The molecule has 0 spiro atoms. The van der Waals surface area contributed by atoms with Gasteiger partial charge in [0.15, 0.2) is 0 Å². The highest BCUT2D eigenvalue weighted by molar-refractivity contribution is 5.97. The molecule has 0 radical (unpaired) electrons. The second-order valence-electron chi connectivity index (χ2n) is 11.6. The van der Waals surface area contributed by atoms with Gasteiger partial charge in [-0.1, -0.05) is 24.3 Å². The van der Waals surface area contributed by atoms with Crippen molar-refractivity contribution in [2.75, 3.05) is 26.6 Å². The number of hydrogen-bond donors (Lipinski definition) is 3. The number of methoxy groups -OCH3 is 2. The Balaban J connectivity index is 1.24. The molecule has 10 nitrogen and oxygen atoms in total. The average Bonchev–Trinajstić information content (AvgIpc) is 3.70. The molecule has 0 atom stereocenters. The molecule has 0 aliphatic heterocycles. The van der Waals surface area contributed by atoms with Gasteiger partial charge in [0.05, 0.1) is 19.3 Å². The lowest BCUT2D eigenvalue weighted by Crippen LogP contribution is -2.45. The van der Waals surface area contributed by atoms with Crippen molar-refractivity contribution in [3.8, 4) is 17.0 Å². The number of hydrogen-bond acceptors (Lipinski definition) is 7. The molecule has 2 aromatic carbocycles. The number of rotatable bonds is 10. The molecule has 4 aromatic rings. The maximum absolute atomic E-state index is 13.7. The van der Waals surface area contributed by atoms with Crippen LogP contribution in [0, 0.1) is 5.82 Å². The van der Waals surface area contributed by atoms with E-state index >= 15 is 0 Å². The summed E-state index contributed by atoms with van der Waals surface area (Å²) in [6.45, 7) is 0.652. The zero-order valence-electron chi connectivity index (χ0n) is 24.3. The van der Waals surface area contributed by atoms with Crippen molar-refractivity contribution in [3.63, 3.8) is 0 Å². The Kier molecular flexibility index (Phi) is 7.51. The van der Waals surface area contributed by atoms with Gasteiger partial charge in [-0.05, 0) is 55.9 Å². The number of nitrogens with zero attached hydrogens (tertiary/aromatic N) is 3. The third-order valence-corrected chi connectivity index (χ3v) is 8.92. The summed E-state index contributed by atoms with van der Waals surface area (Å²) in [6.07, 6.45) is 8.43. The van der Waals surface area contributed by atoms with Gasteiger partial charge < -0.3 is 25.8 Å². The lowest BCUT2D eigenvalue weighted by atomic mass is 9.83. The van der Waals surface area contributed by atoms with Crippen molar-refractivity contribution in [1.82, 2.24) is 25.0 Å². The molecule has 2 aliphatic carbocycles. The molecule has 0 saturated heterocycles. The number of imidazole rings is 1. The Hall–Kier alpha value is -4.51. The van der Waals surface area contributed by atoms with Gasteiger partial charge in [0.2, 0.25) is 5.91 Å². The normalized spacial score (nSPS) is 20.8. The fraction of sp³-hybridized carbons (Fsp3) is 0.375. The molecule has 2 aromatic heterocycles. The molecular formula is C32H35FN6O4. The van der Waals surface area contributed by atoms with Crippen LogP contribution in [0.2, 0.25) is 0 Å². The van der Waals surface area contributed by atoms with E-state index < -0.39 is 11.7 Å². The van der Waals surface area contributed by atoms with Crippen LogP contribution in [-0.2, 0) is 21.5 Å². The van der Waals surface area contributed by atoms with E-state index in [0.717, 1.165) is 66.3 Å². The first kappa shape index (κ1) is 28.6. The molecule has 2 fully saturated rings. The Labute approximate surface area is 248 Å². The summed E-state index contributed by atoms with van der Waals surface area (Å²) >= 11 is 0. The summed E-state index contributed by atoms with van der Waals surface area (Å²) in [5, 5.41) is 6.14. The van der Waals surface area contributed by atoms with E-state index in [2.05, 4.69) is 20.0 Å². The minimum absolute atomic E-state index is 0.0213. The number of amides is 2. The van der Waals surface area contributed by atoms with E-state index in [0.29, 0.717) is 24.6 Å². The first-order valence-electron chi connectivity index (χ1n) is 14.4. The minimum Gasteiger partial charge on any atom is -0.496 e. The van der Waals surface area contributed by atoms with Crippen LogP contribution in [-0.4, -0.2) is 52.5 Å². The quantitative estimate of drug-likeness (QED) is 0.254. The number of nitrogens with two attached hydrogens (primary N) is 1. The predicted octanol–water partition coefficient (Wildman–Crippen LogP) is 4.16. The van der Waals surface area contributed by atoms with Crippen molar-refractivity contribution in [2.45, 2.75) is 56.0 Å². The molecule has 4 N–H and O–H groups in total. The summed E-state index contributed by atoms with van der Waals surface area (Å²) in [7, 11) is 3.04. The lowest BCUT2D eigenvalue weighted by Gasteiger charge is -2.28. The second kappa shape index (κ2) is 11.3. The van der Waals surface area contributed by atoms with Crippen LogP contribution in [0.4, 0.5) is 10.2 Å². The Morgan fingerprint density at radius 1 is 1.09 bits per heavy atom. The van der Waals surface area contributed by atoms with Gasteiger partial charge in [-0.25, -0.2) is 14.4 Å². The molecule has 0 unspecified atom stereocenters. The number of carbonyl (C=O) groups excluding carboxylic acids is 2. The van der Waals surface area contributed by atoms with E-state index in [1.165, 1.54) is 19.2 Å². The molecule has 2 aliphatic rings. The highest BCUT2D eigenvalue weighted by Gasteiger charge is 2.57. The van der Waals surface area contributed by atoms with Crippen molar-refractivity contribution < 1.29 is 23.5 Å². The van der Waals surface area contributed by atoms with Crippen LogP contribution in [0.5, 0.6) is 5.75 Å². The minimum atomic E-state index is -0.511. The van der Waals surface area contributed by atoms with E-state index in [1.54, 1.807) is 13.3 Å². The predicted molar refractivity (Wildman–Crippen MR) is 159 cm³/mol. The second-order valence-corrected chi connectivity index (χ2v) is 11.6. The number of nitrogens with one attached hydrogen (secondary N) is 2. The third-order valence-electron chi connectivity index (χ3n) is 8.92. The zero-order valence-corrected chi connectivity index (χ0v) is 24.3. The van der Waals surface area contributed by atoms with E-state index in [4.69, 9.17) is 20.2 Å². The van der Waals surface area contributed by atoms with Crippen LogP contribution in [0.3, 0.4) is 0 Å². The van der Waals surface area contributed by atoms with Gasteiger partial charge in [-0.15, -0.1) is 0 Å². The van der Waals surface area contributed by atoms with Crippen LogP contribution < -0.4 is 21.1 Å². The van der Waals surface area contributed by atoms with Gasteiger partial charge >= 0.3 is 0 Å². The topological polar surface area (TPSA) is 133 Å². The highest BCUT2D eigenvalue weighted by Crippen LogP contribution is 2.57. The van der Waals surface area contributed by atoms with Crippen LogP contribution in [0.15, 0.2) is 54.9 Å². The summed E-state index contributed by atoms with van der Waals surface area (Å²) in [5.41, 5.74) is 9.37. The number of halogens is 1. The van der Waals surface area contributed by atoms with Crippen LogP contribution >= 0.6 is 0 Å². The zero-order chi connectivity index (χ0) is 30.2. The van der Waals surface area contributed by atoms with Crippen molar-refractivity contribution >= 4 is 23.1 Å². The SMILES string of the molecule is COCCC(=O)NC12CCC(c3nc(-c4ccc(CNC(=O)c5cc(F)ccc5OC)cc4)c4c(N)nccn34)(CC1)C2. The molecule has 2 amide bonds. The van der Waals surface area contributed by atoms with Gasteiger partial charge in [-0.2, -0.15) is 0 Å². The van der Waals surface area contributed by atoms with Gasteiger partial charge in [0.1, 0.15) is 34.4 Å². The van der Waals surface area contributed by atoms with E-state index in [9.17, 15) is 14.0 Å². The molecule has 43 heavy (non-hydrogen) atoms. The van der Waals surface area contributed by atoms with Crippen LogP contribution in [0.1, 0.15) is 60.3 Å². The fourth-order valence-corrected chi connectivity index (χ4v) is 6.79. The van der Waals surface area contributed by atoms with Crippen molar-refractivity contribution in [1.29, 1.82) is 0 Å². The first-order chi connectivity index (χ1) is 20.8. The largest absolute Gasteiger partial charge is 0.496 e. The highest BCUT2D eigenvalue weighted by atomic mass is 19.1. The average molecular weight is 587 g/mol. The number of ether oxygens (including phenoxy) is 2. The number of fused-ring (bicyclic) bond motifs is 3. The van der Waals surface area contributed by atoms with E-state index in [1.807, 2.05) is 30.5 Å². The number of anilines is 1. The van der Waals surface area contributed by atoms with Crippen LogP contribution in [0.25, 0.3) is 16.8 Å². The van der Waals surface area contributed by atoms with Crippen molar-refractivity contribution in [2.24, 2.45) is 0 Å². The fourth-order valence-electron chi connectivity index (χ4n) is 6.79. The number of carbonyl (C=O) groups is 2. The summed E-state index contributed by atoms with van der Waals surface area (Å²) < 4.78 is 26.1. The first-order valence-corrected chi connectivity index (χ1v) is 14.4.